The third kappa shape index (κ3) is 23.0. The SMILES string of the molecule is CCCCCCCCCCCCN=C=O.[Na].[Na]. The molecule has 0 unspecified atom stereocenters. The third-order valence-electron chi connectivity index (χ3n) is 2.69. The zero-order chi connectivity index (χ0) is 11.2. The molecular weight excluding hydrogens is 232 g/mol. The third-order valence-corrected chi connectivity index (χ3v) is 2.69. The quantitative estimate of drug-likeness (QED) is 0.241. The van der Waals surface area contributed by atoms with E-state index < -0.39 is 0 Å². The molecule has 0 aromatic carbocycles. The maximum absolute atomic E-state index is 9.77. The summed E-state index contributed by atoms with van der Waals surface area (Å²) in [5.41, 5.74) is 0. The molecule has 0 atom stereocenters. The molecule has 0 amide bonds. The Balaban J connectivity index is -0.000000980. The second-order valence-electron chi connectivity index (χ2n) is 4.15. The van der Waals surface area contributed by atoms with Gasteiger partial charge in [-0.3, -0.25) is 0 Å². The monoisotopic (exact) mass is 257 g/mol. The van der Waals surface area contributed by atoms with E-state index in [1.807, 2.05) is 0 Å². The van der Waals surface area contributed by atoms with Crippen molar-refractivity contribution in [1.29, 1.82) is 0 Å². The largest absolute Gasteiger partial charge is 0.234 e. The van der Waals surface area contributed by atoms with Crippen LogP contribution in [0.2, 0.25) is 0 Å². The van der Waals surface area contributed by atoms with Crippen LogP contribution >= 0.6 is 0 Å². The first-order valence-electron chi connectivity index (χ1n) is 6.45. The van der Waals surface area contributed by atoms with E-state index >= 15 is 0 Å². The van der Waals surface area contributed by atoms with E-state index in [1.54, 1.807) is 6.08 Å². The standard InChI is InChI=1S/C13H25NO.2Na/c1-2-3-4-5-6-7-8-9-10-11-12-14-13-15;;/h2-12H2,1H3;;. The van der Waals surface area contributed by atoms with Crippen LogP contribution in [0.5, 0.6) is 0 Å². The van der Waals surface area contributed by atoms with Crippen molar-refractivity contribution < 1.29 is 4.79 Å². The van der Waals surface area contributed by atoms with Crippen LogP contribution in [0.15, 0.2) is 4.99 Å². The van der Waals surface area contributed by atoms with Crippen molar-refractivity contribution in [2.45, 2.75) is 71.1 Å². The van der Waals surface area contributed by atoms with E-state index in [9.17, 15) is 4.79 Å². The molecule has 0 aliphatic rings. The fourth-order valence-corrected chi connectivity index (χ4v) is 1.72. The number of nitrogens with zero attached hydrogens (tertiary/aromatic N) is 1. The van der Waals surface area contributed by atoms with Crippen LogP contribution in [0, 0.1) is 0 Å². The summed E-state index contributed by atoms with van der Waals surface area (Å²) in [7, 11) is 0. The number of carbonyl (C=O) groups excluding carboxylic acids is 1. The van der Waals surface area contributed by atoms with Gasteiger partial charge in [-0.05, 0) is 6.42 Å². The van der Waals surface area contributed by atoms with Crippen LogP contribution in [0.1, 0.15) is 71.1 Å². The van der Waals surface area contributed by atoms with Gasteiger partial charge in [-0.1, -0.05) is 64.7 Å². The Morgan fingerprint density at radius 3 is 1.59 bits per heavy atom. The van der Waals surface area contributed by atoms with Crippen molar-refractivity contribution in [2.75, 3.05) is 6.54 Å². The number of aliphatic imine (C=N–C) groups is 1. The summed E-state index contributed by atoms with van der Waals surface area (Å²) >= 11 is 0. The second kappa shape index (κ2) is 22.6. The zero-order valence-electron chi connectivity index (χ0n) is 12.1. The predicted molar refractivity (Wildman–Crippen MR) is 76.3 cm³/mol. The number of rotatable bonds is 11. The molecule has 0 spiro atoms. The fraction of sp³-hybridized carbons (Fsp3) is 0.923. The van der Waals surface area contributed by atoms with Crippen LogP contribution < -0.4 is 0 Å². The second-order valence-corrected chi connectivity index (χ2v) is 4.15. The summed E-state index contributed by atoms with van der Waals surface area (Å²) in [6.45, 7) is 2.92. The molecule has 0 aromatic rings. The molecule has 17 heavy (non-hydrogen) atoms. The molecule has 0 aliphatic heterocycles. The Bertz CT molecular complexity index is 171. The van der Waals surface area contributed by atoms with Gasteiger partial charge in [-0.25, -0.2) is 9.79 Å². The van der Waals surface area contributed by atoms with Crippen LogP contribution in [0.3, 0.4) is 0 Å². The number of isocyanates is 1. The predicted octanol–water partition coefficient (Wildman–Crippen LogP) is 3.48. The average Bonchev–Trinajstić information content (AvgIpc) is 2.26. The van der Waals surface area contributed by atoms with Gasteiger partial charge < -0.3 is 0 Å². The van der Waals surface area contributed by atoms with E-state index in [2.05, 4.69) is 11.9 Å². The van der Waals surface area contributed by atoms with Crippen molar-refractivity contribution in [3.05, 3.63) is 0 Å². The molecule has 4 heteroatoms. The molecule has 0 fully saturated rings. The average molecular weight is 257 g/mol. The molecule has 0 aromatic heterocycles. The van der Waals surface area contributed by atoms with Crippen molar-refractivity contribution >= 4 is 65.2 Å². The van der Waals surface area contributed by atoms with Gasteiger partial charge in [0.1, 0.15) is 0 Å². The van der Waals surface area contributed by atoms with Crippen molar-refractivity contribution in [3.8, 4) is 0 Å². The smallest absolute Gasteiger partial charge is 0.211 e. The van der Waals surface area contributed by atoms with Gasteiger partial charge in [0.05, 0.1) is 6.54 Å². The van der Waals surface area contributed by atoms with Crippen molar-refractivity contribution in [1.82, 2.24) is 0 Å². The Morgan fingerprint density at radius 2 is 1.18 bits per heavy atom. The van der Waals surface area contributed by atoms with Gasteiger partial charge in [-0.2, -0.15) is 0 Å². The zero-order valence-corrected chi connectivity index (χ0v) is 16.1. The van der Waals surface area contributed by atoms with Gasteiger partial charge in [0.15, 0.2) is 0 Å². The van der Waals surface area contributed by atoms with Crippen LogP contribution in [0.4, 0.5) is 0 Å². The van der Waals surface area contributed by atoms with Gasteiger partial charge in [0.2, 0.25) is 6.08 Å². The maximum Gasteiger partial charge on any atom is 0.234 e. The summed E-state index contributed by atoms with van der Waals surface area (Å²) in [5.74, 6) is 0. The van der Waals surface area contributed by atoms with Gasteiger partial charge >= 0.3 is 0 Å². The number of hydrogen-bond donors (Lipinski definition) is 0. The first kappa shape index (κ1) is 23.5. The Morgan fingerprint density at radius 1 is 0.765 bits per heavy atom. The topological polar surface area (TPSA) is 29.4 Å². The molecule has 2 nitrogen and oxygen atoms in total. The molecule has 0 aliphatic carbocycles. The minimum absolute atomic E-state index is 0. The Kier molecular flexibility index (Phi) is 31.1. The van der Waals surface area contributed by atoms with Crippen LogP contribution in [-0.2, 0) is 4.79 Å². The number of unbranched alkanes of at least 4 members (excludes halogenated alkanes) is 9. The summed E-state index contributed by atoms with van der Waals surface area (Å²) in [4.78, 5) is 13.3. The van der Waals surface area contributed by atoms with E-state index in [-0.39, 0.29) is 59.1 Å². The van der Waals surface area contributed by atoms with Crippen LogP contribution in [-0.4, -0.2) is 71.7 Å². The first-order chi connectivity index (χ1) is 7.41. The molecular formula is C13H25NNa2O. The first-order valence-corrected chi connectivity index (χ1v) is 6.45. The Hall–Kier alpha value is 1.38. The fourth-order valence-electron chi connectivity index (χ4n) is 1.72. The molecule has 0 N–H and O–H groups in total. The summed E-state index contributed by atoms with van der Waals surface area (Å²) in [6, 6.07) is 0. The molecule has 0 rings (SSSR count). The van der Waals surface area contributed by atoms with Crippen molar-refractivity contribution in [3.63, 3.8) is 0 Å². The van der Waals surface area contributed by atoms with Crippen molar-refractivity contribution in [2.24, 2.45) is 4.99 Å². The van der Waals surface area contributed by atoms with E-state index in [0.29, 0.717) is 6.54 Å². The molecule has 90 valence electrons. The van der Waals surface area contributed by atoms with Gasteiger partial charge in [0.25, 0.3) is 0 Å². The van der Waals surface area contributed by atoms with E-state index in [4.69, 9.17) is 0 Å². The summed E-state index contributed by atoms with van der Waals surface area (Å²) in [5, 5.41) is 0. The molecule has 0 heterocycles. The Labute approximate surface area is 151 Å². The molecule has 0 bridgehead atoms. The van der Waals surface area contributed by atoms with Gasteiger partial charge in [0, 0.05) is 59.1 Å². The summed E-state index contributed by atoms with van der Waals surface area (Å²) < 4.78 is 0. The molecule has 0 saturated heterocycles. The number of hydrogen-bond acceptors (Lipinski definition) is 2. The normalized spacial score (nSPS) is 8.76. The summed E-state index contributed by atoms with van der Waals surface area (Å²) in [6.07, 6.45) is 14.8. The minimum atomic E-state index is 0. The maximum atomic E-state index is 9.77. The van der Waals surface area contributed by atoms with Gasteiger partial charge in [-0.15, -0.1) is 0 Å². The van der Waals surface area contributed by atoms with Crippen LogP contribution in [0.25, 0.3) is 0 Å². The minimum Gasteiger partial charge on any atom is -0.211 e. The molecule has 0 saturated carbocycles. The molecule has 2 radical (unpaired) electrons. The van der Waals surface area contributed by atoms with E-state index in [1.165, 1.54) is 57.8 Å². The van der Waals surface area contributed by atoms with E-state index in [0.717, 1.165) is 6.42 Å².